The summed E-state index contributed by atoms with van der Waals surface area (Å²) in [5.41, 5.74) is 1.88. The van der Waals surface area contributed by atoms with Gasteiger partial charge in [-0.1, -0.05) is 23.7 Å². The zero-order chi connectivity index (χ0) is 14.0. The van der Waals surface area contributed by atoms with Crippen molar-refractivity contribution in [2.24, 2.45) is 0 Å². The molecule has 2 rings (SSSR count). The lowest BCUT2D eigenvalue weighted by Gasteiger charge is -2.12. The summed E-state index contributed by atoms with van der Waals surface area (Å²) in [6.07, 6.45) is 0. The van der Waals surface area contributed by atoms with Gasteiger partial charge in [-0.25, -0.2) is 4.39 Å². The van der Waals surface area contributed by atoms with Crippen LogP contribution in [0.25, 0.3) is 0 Å². The Bertz CT molecular complexity index is 617. The average Bonchev–Trinajstić information content (AvgIpc) is 2.38. The van der Waals surface area contributed by atoms with E-state index in [2.05, 4.69) is 15.9 Å². The van der Waals surface area contributed by atoms with E-state index in [-0.39, 0.29) is 5.02 Å². The topological polar surface area (TPSA) is 9.23 Å². The first kappa shape index (κ1) is 14.6. The van der Waals surface area contributed by atoms with Gasteiger partial charge in [-0.2, -0.15) is 0 Å². The molecule has 2 aromatic rings. The Morgan fingerprint density at radius 2 is 1.95 bits per heavy atom. The van der Waals surface area contributed by atoms with Crippen LogP contribution in [-0.4, -0.2) is 0 Å². The summed E-state index contributed by atoms with van der Waals surface area (Å²) in [4.78, 5) is 0. The molecule has 0 aliphatic rings. The van der Waals surface area contributed by atoms with Gasteiger partial charge in [0.15, 0.2) is 0 Å². The molecule has 0 atom stereocenters. The van der Waals surface area contributed by atoms with Crippen molar-refractivity contribution in [1.29, 1.82) is 0 Å². The first-order valence-electron chi connectivity index (χ1n) is 5.49. The van der Waals surface area contributed by atoms with E-state index in [1.54, 1.807) is 0 Å². The molecule has 5 heteroatoms. The molecule has 1 nitrogen and oxygen atoms in total. The highest BCUT2D eigenvalue weighted by Gasteiger charge is 2.10. The molecule has 0 bridgehead atoms. The quantitative estimate of drug-likeness (QED) is 0.474. The van der Waals surface area contributed by atoms with Crippen LogP contribution in [0.2, 0.25) is 5.02 Å². The van der Waals surface area contributed by atoms with Gasteiger partial charge < -0.3 is 4.74 Å². The number of rotatable bonds is 3. The summed E-state index contributed by atoms with van der Waals surface area (Å²) in [6.45, 7) is 1.91. The Kier molecular flexibility index (Phi) is 4.71. The van der Waals surface area contributed by atoms with E-state index < -0.39 is 5.82 Å². The second-order valence-electron chi connectivity index (χ2n) is 4.03. The number of aryl methyl sites for hydroxylation is 1. The Labute approximate surface area is 129 Å². The van der Waals surface area contributed by atoms with Gasteiger partial charge >= 0.3 is 0 Å². The van der Waals surface area contributed by atoms with Gasteiger partial charge in [0.05, 0.1) is 9.50 Å². The van der Waals surface area contributed by atoms with Crippen LogP contribution >= 0.6 is 39.1 Å². The fourth-order valence-electron chi connectivity index (χ4n) is 1.54. The predicted octanol–water partition coefficient (Wildman–Crippen LogP) is 6.08. The molecule has 0 amide bonds. The average molecular weight is 364 g/mol. The minimum Gasteiger partial charge on any atom is -0.456 e. The van der Waals surface area contributed by atoms with E-state index in [1.165, 1.54) is 12.1 Å². The van der Waals surface area contributed by atoms with Crippen LogP contribution in [0.5, 0.6) is 11.5 Å². The SMILES string of the molecule is Cc1ccc(CCl)cc1Oc1cc(F)c(Cl)cc1Br. The van der Waals surface area contributed by atoms with Crippen molar-refractivity contribution in [2.75, 3.05) is 0 Å². The summed E-state index contributed by atoms with van der Waals surface area (Å²) in [5, 5.41) is 0.0467. The molecule has 0 saturated heterocycles. The summed E-state index contributed by atoms with van der Waals surface area (Å²) < 4.78 is 19.8. The minimum atomic E-state index is -0.522. The largest absolute Gasteiger partial charge is 0.456 e. The van der Waals surface area contributed by atoms with Crippen LogP contribution in [-0.2, 0) is 5.88 Å². The van der Waals surface area contributed by atoms with Crippen molar-refractivity contribution in [3.8, 4) is 11.5 Å². The molecule has 19 heavy (non-hydrogen) atoms. The molecule has 0 saturated carbocycles. The molecule has 0 heterocycles. The zero-order valence-electron chi connectivity index (χ0n) is 10.0. The summed E-state index contributed by atoms with van der Waals surface area (Å²) in [7, 11) is 0. The molecule has 0 radical (unpaired) electrons. The summed E-state index contributed by atoms with van der Waals surface area (Å²) in [5.74, 6) is 0.885. The molecule has 0 N–H and O–H groups in total. The van der Waals surface area contributed by atoms with E-state index in [9.17, 15) is 4.39 Å². The maximum atomic E-state index is 13.5. The van der Waals surface area contributed by atoms with E-state index in [1.807, 2.05) is 25.1 Å². The fraction of sp³-hybridized carbons (Fsp3) is 0.143. The number of halogens is 4. The zero-order valence-corrected chi connectivity index (χ0v) is 13.1. The van der Waals surface area contributed by atoms with Crippen LogP contribution in [0.4, 0.5) is 4.39 Å². The molecule has 0 unspecified atom stereocenters. The Morgan fingerprint density at radius 3 is 2.63 bits per heavy atom. The van der Waals surface area contributed by atoms with E-state index in [0.29, 0.717) is 21.9 Å². The van der Waals surface area contributed by atoms with Crippen LogP contribution in [0.1, 0.15) is 11.1 Å². The lowest BCUT2D eigenvalue weighted by molar-refractivity contribution is 0.470. The fourth-order valence-corrected chi connectivity index (χ4v) is 2.42. The van der Waals surface area contributed by atoms with Gasteiger partial charge in [-0.15, -0.1) is 11.6 Å². The van der Waals surface area contributed by atoms with Crippen molar-refractivity contribution in [3.63, 3.8) is 0 Å². The normalized spacial score (nSPS) is 10.6. The summed E-state index contributed by atoms with van der Waals surface area (Å²) >= 11 is 14.8. The second kappa shape index (κ2) is 6.12. The molecular formula is C14H10BrCl2FO. The van der Waals surface area contributed by atoms with Crippen LogP contribution in [0.3, 0.4) is 0 Å². The standard InChI is InChI=1S/C14H10BrCl2FO/c1-8-2-3-9(7-16)4-13(8)19-14-6-12(18)11(17)5-10(14)15/h2-6H,7H2,1H3. The molecule has 100 valence electrons. The lowest BCUT2D eigenvalue weighted by Crippen LogP contribution is -1.92. The number of hydrogen-bond acceptors (Lipinski definition) is 1. The molecular weight excluding hydrogens is 354 g/mol. The van der Waals surface area contributed by atoms with Crippen molar-refractivity contribution < 1.29 is 9.13 Å². The van der Waals surface area contributed by atoms with Crippen LogP contribution < -0.4 is 4.74 Å². The Balaban J connectivity index is 2.38. The maximum Gasteiger partial charge on any atom is 0.145 e. The van der Waals surface area contributed by atoms with Gasteiger partial charge in [0, 0.05) is 11.9 Å². The maximum absolute atomic E-state index is 13.5. The van der Waals surface area contributed by atoms with Crippen LogP contribution in [0, 0.1) is 12.7 Å². The first-order chi connectivity index (χ1) is 9.01. The van der Waals surface area contributed by atoms with Gasteiger partial charge in [0.2, 0.25) is 0 Å². The molecule has 0 fully saturated rings. The second-order valence-corrected chi connectivity index (χ2v) is 5.56. The third-order valence-electron chi connectivity index (χ3n) is 2.60. The number of alkyl halides is 1. The Hall–Kier alpha value is -0.770. The Morgan fingerprint density at radius 1 is 1.21 bits per heavy atom. The third kappa shape index (κ3) is 3.41. The molecule has 2 aromatic carbocycles. The number of ether oxygens (including phenoxy) is 1. The van der Waals surface area contributed by atoms with E-state index in [0.717, 1.165) is 11.1 Å². The van der Waals surface area contributed by atoms with Crippen molar-refractivity contribution >= 4 is 39.1 Å². The van der Waals surface area contributed by atoms with Crippen molar-refractivity contribution in [3.05, 3.63) is 56.8 Å². The first-order valence-corrected chi connectivity index (χ1v) is 7.19. The van der Waals surface area contributed by atoms with Gasteiger partial charge in [0.1, 0.15) is 17.3 Å². The number of hydrogen-bond donors (Lipinski definition) is 0. The highest BCUT2D eigenvalue weighted by molar-refractivity contribution is 9.10. The van der Waals surface area contributed by atoms with Crippen molar-refractivity contribution in [2.45, 2.75) is 12.8 Å². The minimum absolute atomic E-state index is 0.0467. The predicted molar refractivity (Wildman–Crippen MR) is 79.9 cm³/mol. The lowest BCUT2D eigenvalue weighted by atomic mass is 10.1. The molecule has 0 aliphatic carbocycles. The molecule has 0 aliphatic heterocycles. The number of benzene rings is 2. The van der Waals surface area contributed by atoms with E-state index in [4.69, 9.17) is 27.9 Å². The van der Waals surface area contributed by atoms with Gasteiger partial charge in [-0.05, 0) is 46.1 Å². The van der Waals surface area contributed by atoms with Gasteiger partial charge in [0.25, 0.3) is 0 Å². The highest BCUT2D eigenvalue weighted by atomic mass is 79.9. The monoisotopic (exact) mass is 362 g/mol. The third-order valence-corrected chi connectivity index (χ3v) is 3.82. The summed E-state index contributed by atoms with van der Waals surface area (Å²) in [6, 6.07) is 8.38. The van der Waals surface area contributed by atoms with Crippen molar-refractivity contribution in [1.82, 2.24) is 0 Å². The van der Waals surface area contributed by atoms with Gasteiger partial charge in [-0.3, -0.25) is 0 Å². The molecule has 0 spiro atoms. The van der Waals surface area contributed by atoms with E-state index >= 15 is 0 Å². The highest BCUT2D eigenvalue weighted by Crippen LogP contribution is 2.35. The molecule has 0 aromatic heterocycles. The van der Waals surface area contributed by atoms with Crippen LogP contribution in [0.15, 0.2) is 34.8 Å². The smallest absolute Gasteiger partial charge is 0.145 e.